The second-order valence-corrected chi connectivity index (χ2v) is 6.72. The minimum absolute atomic E-state index is 0.186. The van der Waals surface area contributed by atoms with Crippen molar-refractivity contribution in [3.05, 3.63) is 58.4 Å². The first-order valence-corrected chi connectivity index (χ1v) is 8.61. The maximum absolute atomic E-state index is 12.6. The summed E-state index contributed by atoms with van der Waals surface area (Å²) < 4.78 is 0. The molecule has 1 amide bonds. The van der Waals surface area contributed by atoms with E-state index in [4.69, 9.17) is 11.6 Å². The van der Waals surface area contributed by atoms with E-state index in [9.17, 15) is 4.79 Å². The molecule has 1 aromatic carbocycles. The van der Waals surface area contributed by atoms with E-state index >= 15 is 0 Å². The van der Waals surface area contributed by atoms with E-state index in [2.05, 4.69) is 16.0 Å². The number of piperazine rings is 1. The van der Waals surface area contributed by atoms with Crippen molar-refractivity contribution in [2.45, 2.75) is 20.3 Å². The first kappa shape index (κ1) is 16.8. The second-order valence-electron chi connectivity index (χ2n) is 6.28. The van der Waals surface area contributed by atoms with Gasteiger partial charge in [-0.25, -0.2) is 0 Å². The molecule has 0 aliphatic carbocycles. The van der Waals surface area contributed by atoms with E-state index in [1.54, 1.807) is 0 Å². The van der Waals surface area contributed by atoms with Crippen LogP contribution in [0.2, 0.25) is 5.02 Å². The molecule has 24 heavy (non-hydrogen) atoms. The topological polar surface area (TPSA) is 36.4 Å². The number of rotatable bonds is 3. The minimum atomic E-state index is 0.186. The van der Waals surface area contributed by atoms with Gasteiger partial charge in [0.25, 0.3) is 0 Å². The molecule has 2 heterocycles. The average molecular weight is 344 g/mol. The van der Waals surface area contributed by atoms with Crippen LogP contribution in [0.1, 0.15) is 17.0 Å². The van der Waals surface area contributed by atoms with Crippen LogP contribution in [0.3, 0.4) is 0 Å². The van der Waals surface area contributed by atoms with Crippen molar-refractivity contribution in [2.24, 2.45) is 0 Å². The zero-order chi connectivity index (χ0) is 17.1. The Labute approximate surface area is 148 Å². The summed E-state index contributed by atoms with van der Waals surface area (Å²) in [5.74, 6) is 0.186. The molecule has 0 N–H and O–H groups in total. The molecule has 4 nitrogen and oxygen atoms in total. The van der Waals surface area contributed by atoms with Gasteiger partial charge in [0.05, 0.1) is 6.42 Å². The largest absolute Gasteiger partial charge is 0.368 e. The molecule has 0 spiro atoms. The fourth-order valence-corrected chi connectivity index (χ4v) is 3.38. The van der Waals surface area contributed by atoms with Gasteiger partial charge in [0.15, 0.2) is 0 Å². The third kappa shape index (κ3) is 4.06. The van der Waals surface area contributed by atoms with Gasteiger partial charge in [-0.15, -0.1) is 0 Å². The van der Waals surface area contributed by atoms with Crippen molar-refractivity contribution < 1.29 is 4.79 Å². The van der Waals surface area contributed by atoms with Crippen LogP contribution in [0, 0.1) is 13.8 Å². The molecule has 0 radical (unpaired) electrons. The molecule has 3 rings (SSSR count). The number of amides is 1. The number of hydrogen-bond donors (Lipinski definition) is 0. The Hall–Kier alpha value is -2.07. The zero-order valence-electron chi connectivity index (χ0n) is 14.1. The van der Waals surface area contributed by atoms with E-state index in [-0.39, 0.29) is 5.91 Å². The number of halogens is 1. The van der Waals surface area contributed by atoms with Crippen molar-refractivity contribution >= 4 is 23.2 Å². The fraction of sp³-hybridized carbons (Fsp3) is 0.368. The number of pyridine rings is 1. The molecule has 0 bridgehead atoms. The highest BCUT2D eigenvalue weighted by Crippen LogP contribution is 2.21. The molecular weight excluding hydrogens is 322 g/mol. The Bertz CT molecular complexity index is 719. The lowest BCUT2D eigenvalue weighted by molar-refractivity contribution is -0.130. The Kier molecular flexibility index (Phi) is 5.05. The lowest BCUT2D eigenvalue weighted by Crippen LogP contribution is -2.49. The summed E-state index contributed by atoms with van der Waals surface area (Å²) in [6.07, 6.45) is 0.446. The number of aromatic nitrogens is 1. The van der Waals surface area contributed by atoms with Gasteiger partial charge in [-0.05, 0) is 49.7 Å². The van der Waals surface area contributed by atoms with Crippen molar-refractivity contribution in [3.63, 3.8) is 0 Å². The van der Waals surface area contributed by atoms with Crippen molar-refractivity contribution in [1.82, 2.24) is 9.88 Å². The molecule has 0 atom stereocenters. The Morgan fingerprint density at radius 2 is 1.75 bits per heavy atom. The highest BCUT2D eigenvalue weighted by molar-refractivity contribution is 6.30. The van der Waals surface area contributed by atoms with Gasteiger partial charge in [0.2, 0.25) is 5.91 Å². The summed E-state index contributed by atoms with van der Waals surface area (Å²) in [5, 5.41) is 0.745. The highest BCUT2D eigenvalue weighted by atomic mass is 35.5. The zero-order valence-corrected chi connectivity index (χ0v) is 14.9. The number of nitrogens with zero attached hydrogens (tertiary/aromatic N) is 3. The number of hydrogen-bond acceptors (Lipinski definition) is 3. The summed E-state index contributed by atoms with van der Waals surface area (Å²) >= 11 is 6.06. The monoisotopic (exact) mass is 343 g/mol. The number of anilines is 1. The predicted octanol–water partition coefficient (Wildman–Crippen LogP) is 3.24. The summed E-state index contributed by atoms with van der Waals surface area (Å²) in [4.78, 5) is 21.1. The Balaban J connectivity index is 1.59. The van der Waals surface area contributed by atoms with Crippen LogP contribution >= 0.6 is 11.6 Å². The Morgan fingerprint density at radius 3 is 2.38 bits per heavy atom. The summed E-state index contributed by atoms with van der Waals surface area (Å²) in [6, 6.07) is 11.9. The molecule has 126 valence electrons. The molecule has 2 aromatic rings. The standard InChI is InChI=1S/C19H22ClN3O/c1-14-10-16(11-15(2)21-14)12-19(24)23-8-6-22(7-9-23)18-5-3-4-17(20)13-18/h3-5,10-11,13H,6-9,12H2,1-2H3. The van der Waals surface area contributed by atoms with Gasteiger partial charge in [0, 0.05) is 48.3 Å². The quantitative estimate of drug-likeness (QED) is 0.858. The van der Waals surface area contributed by atoms with Crippen LogP contribution in [-0.4, -0.2) is 42.0 Å². The van der Waals surface area contributed by atoms with Gasteiger partial charge in [0.1, 0.15) is 0 Å². The molecular formula is C19H22ClN3O. The van der Waals surface area contributed by atoms with Crippen LogP contribution in [0.15, 0.2) is 36.4 Å². The van der Waals surface area contributed by atoms with Crippen LogP contribution in [0.5, 0.6) is 0 Å². The lowest BCUT2D eigenvalue weighted by atomic mass is 10.1. The van der Waals surface area contributed by atoms with Crippen LogP contribution < -0.4 is 4.90 Å². The van der Waals surface area contributed by atoms with Crippen LogP contribution in [0.25, 0.3) is 0 Å². The normalized spacial score (nSPS) is 14.8. The molecule has 0 unspecified atom stereocenters. The van der Waals surface area contributed by atoms with Gasteiger partial charge >= 0.3 is 0 Å². The average Bonchev–Trinajstić information content (AvgIpc) is 2.54. The van der Waals surface area contributed by atoms with Gasteiger partial charge in [-0.2, -0.15) is 0 Å². The fourth-order valence-electron chi connectivity index (χ4n) is 3.20. The Morgan fingerprint density at radius 1 is 1.08 bits per heavy atom. The smallest absolute Gasteiger partial charge is 0.227 e. The van der Waals surface area contributed by atoms with Gasteiger partial charge in [-0.3, -0.25) is 9.78 Å². The summed E-state index contributed by atoms with van der Waals surface area (Å²) in [7, 11) is 0. The van der Waals surface area contributed by atoms with Crippen LogP contribution in [0.4, 0.5) is 5.69 Å². The molecule has 1 saturated heterocycles. The third-order valence-corrected chi connectivity index (χ3v) is 4.54. The van der Waals surface area contributed by atoms with Gasteiger partial charge in [-0.1, -0.05) is 17.7 Å². The maximum Gasteiger partial charge on any atom is 0.227 e. The lowest BCUT2D eigenvalue weighted by Gasteiger charge is -2.36. The molecule has 5 heteroatoms. The molecule has 0 saturated carbocycles. The number of carbonyl (C=O) groups is 1. The molecule has 1 aliphatic rings. The van der Waals surface area contributed by atoms with E-state index in [0.29, 0.717) is 6.42 Å². The summed E-state index contributed by atoms with van der Waals surface area (Å²) in [5.41, 5.74) is 4.09. The SMILES string of the molecule is Cc1cc(CC(=O)N2CCN(c3cccc(Cl)c3)CC2)cc(C)n1. The van der Waals surface area contributed by atoms with Crippen molar-refractivity contribution in [1.29, 1.82) is 0 Å². The minimum Gasteiger partial charge on any atom is -0.368 e. The van der Waals surface area contributed by atoms with E-state index in [1.807, 2.05) is 49.1 Å². The van der Waals surface area contributed by atoms with Gasteiger partial charge < -0.3 is 9.80 Å². The van der Waals surface area contributed by atoms with Crippen LogP contribution in [-0.2, 0) is 11.2 Å². The maximum atomic E-state index is 12.6. The van der Waals surface area contributed by atoms with E-state index in [0.717, 1.165) is 53.8 Å². The van der Waals surface area contributed by atoms with Crippen molar-refractivity contribution in [2.75, 3.05) is 31.1 Å². The second kappa shape index (κ2) is 7.22. The predicted molar refractivity (Wildman–Crippen MR) is 97.7 cm³/mol. The van der Waals surface area contributed by atoms with E-state index in [1.165, 1.54) is 0 Å². The molecule has 1 aromatic heterocycles. The van der Waals surface area contributed by atoms with Crippen molar-refractivity contribution in [3.8, 4) is 0 Å². The number of carbonyl (C=O) groups excluding carboxylic acids is 1. The first-order valence-electron chi connectivity index (χ1n) is 8.24. The molecule has 1 fully saturated rings. The first-order chi connectivity index (χ1) is 11.5. The summed E-state index contributed by atoms with van der Waals surface area (Å²) in [6.45, 7) is 7.08. The van der Waals surface area contributed by atoms with E-state index < -0.39 is 0 Å². The highest BCUT2D eigenvalue weighted by Gasteiger charge is 2.21. The molecule has 1 aliphatic heterocycles. The third-order valence-electron chi connectivity index (χ3n) is 4.30. The number of aryl methyl sites for hydroxylation is 2. The number of benzene rings is 1.